The molecule has 0 radical (unpaired) electrons. The van der Waals surface area contributed by atoms with E-state index in [1.165, 1.54) is 31.4 Å². The number of benzene rings is 2. The van der Waals surface area contributed by atoms with Crippen molar-refractivity contribution in [3.63, 3.8) is 0 Å². The molecule has 0 aliphatic rings. The Morgan fingerprint density at radius 1 is 1.21 bits per heavy atom. The van der Waals surface area contributed by atoms with Gasteiger partial charge in [-0.05, 0) is 29.8 Å². The molecule has 4 heteroatoms. The fourth-order valence-electron chi connectivity index (χ4n) is 1.74. The lowest BCUT2D eigenvalue weighted by molar-refractivity contribution is 0.0989. The van der Waals surface area contributed by atoms with Gasteiger partial charge in [0.2, 0.25) is 0 Å². The normalized spacial score (nSPS) is 10.2. The third-order valence-corrected chi connectivity index (χ3v) is 2.78. The standard InChI is InChI=1S/C15H13FO3/c1-19-12-6-7-13(14(16)9-12)15(18)8-10-2-4-11(17)5-3-10/h2-7,9,17H,8H2,1H3. The number of ether oxygens (including phenoxy) is 1. The second-order valence-electron chi connectivity index (χ2n) is 4.11. The number of phenols is 1. The van der Waals surface area contributed by atoms with E-state index in [0.717, 1.165) is 5.56 Å². The van der Waals surface area contributed by atoms with Crippen molar-refractivity contribution in [2.45, 2.75) is 6.42 Å². The average Bonchev–Trinajstić information content (AvgIpc) is 2.41. The molecule has 0 saturated heterocycles. The molecule has 0 unspecified atom stereocenters. The molecule has 0 bridgehead atoms. The average molecular weight is 260 g/mol. The van der Waals surface area contributed by atoms with Crippen molar-refractivity contribution >= 4 is 5.78 Å². The molecule has 19 heavy (non-hydrogen) atoms. The van der Waals surface area contributed by atoms with Crippen LogP contribution in [0.5, 0.6) is 11.5 Å². The van der Waals surface area contributed by atoms with Crippen LogP contribution in [0.1, 0.15) is 15.9 Å². The Balaban J connectivity index is 2.18. The minimum Gasteiger partial charge on any atom is -0.508 e. The van der Waals surface area contributed by atoms with Gasteiger partial charge in [-0.1, -0.05) is 12.1 Å². The molecule has 98 valence electrons. The largest absolute Gasteiger partial charge is 0.508 e. The predicted molar refractivity (Wildman–Crippen MR) is 69.1 cm³/mol. The highest BCUT2D eigenvalue weighted by Crippen LogP contribution is 2.18. The monoisotopic (exact) mass is 260 g/mol. The Kier molecular flexibility index (Phi) is 3.80. The maximum absolute atomic E-state index is 13.7. The zero-order valence-electron chi connectivity index (χ0n) is 10.4. The Morgan fingerprint density at radius 3 is 2.47 bits per heavy atom. The minimum atomic E-state index is -0.594. The number of methoxy groups -OCH3 is 1. The number of Topliss-reactive ketones (excluding diaryl/α,β-unsaturated/α-hetero) is 1. The van der Waals surface area contributed by atoms with E-state index in [1.807, 2.05) is 0 Å². The number of aromatic hydroxyl groups is 1. The van der Waals surface area contributed by atoms with Crippen LogP contribution in [-0.4, -0.2) is 18.0 Å². The number of halogens is 1. The van der Waals surface area contributed by atoms with Crippen LogP contribution in [0.25, 0.3) is 0 Å². The molecule has 2 rings (SSSR count). The maximum Gasteiger partial charge on any atom is 0.170 e. The number of hydrogen-bond donors (Lipinski definition) is 1. The topological polar surface area (TPSA) is 46.5 Å². The van der Waals surface area contributed by atoms with Crippen LogP contribution < -0.4 is 4.74 Å². The second kappa shape index (κ2) is 5.52. The van der Waals surface area contributed by atoms with E-state index in [-0.39, 0.29) is 23.5 Å². The van der Waals surface area contributed by atoms with Crippen molar-refractivity contribution < 1.29 is 19.0 Å². The van der Waals surface area contributed by atoms with Crippen LogP contribution in [0.2, 0.25) is 0 Å². The summed E-state index contributed by atoms with van der Waals surface area (Å²) < 4.78 is 18.6. The van der Waals surface area contributed by atoms with Crippen LogP contribution in [0.4, 0.5) is 4.39 Å². The predicted octanol–water partition coefficient (Wildman–Crippen LogP) is 2.97. The lowest BCUT2D eigenvalue weighted by atomic mass is 10.0. The zero-order valence-corrected chi connectivity index (χ0v) is 10.4. The number of rotatable bonds is 4. The molecule has 3 nitrogen and oxygen atoms in total. The first-order valence-corrected chi connectivity index (χ1v) is 5.75. The van der Waals surface area contributed by atoms with Gasteiger partial charge in [-0.25, -0.2) is 4.39 Å². The van der Waals surface area contributed by atoms with Crippen molar-refractivity contribution in [2.24, 2.45) is 0 Å². The highest BCUT2D eigenvalue weighted by Gasteiger charge is 2.13. The van der Waals surface area contributed by atoms with Crippen LogP contribution in [0.3, 0.4) is 0 Å². The third-order valence-electron chi connectivity index (χ3n) is 2.78. The van der Waals surface area contributed by atoms with Gasteiger partial charge in [-0.3, -0.25) is 4.79 Å². The van der Waals surface area contributed by atoms with Crippen molar-refractivity contribution in [3.05, 3.63) is 59.4 Å². The van der Waals surface area contributed by atoms with E-state index in [0.29, 0.717) is 5.75 Å². The number of carbonyl (C=O) groups excluding carboxylic acids is 1. The molecule has 0 spiro atoms. The first-order valence-electron chi connectivity index (χ1n) is 5.75. The fourth-order valence-corrected chi connectivity index (χ4v) is 1.74. The van der Waals surface area contributed by atoms with E-state index >= 15 is 0 Å². The van der Waals surface area contributed by atoms with Gasteiger partial charge in [0.15, 0.2) is 5.78 Å². The Labute approximate surface area is 110 Å². The minimum absolute atomic E-state index is 0.0360. The van der Waals surface area contributed by atoms with Crippen LogP contribution in [-0.2, 0) is 6.42 Å². The summed E-state index contributed by atoms with van der Waals surface area (Å²) in [5, 5.41) is 9.15. The molecule has 0 heterocycles. The summed E-state index contributed by atoms with van der Waals surface area (Å²) in [6, 6.07) is 10.4. The maximum atomic E-state index is 13.7. The van der Waals surface area contributed by atoms with E-state index < -0.39 is 5.82 Å². The molecule has 1 N–H and O–H groups in total. The first kappa shape index (κ1) is 13.1. The Bertz CT molecular complexity index is 591. The van der Waals surface area contributed by atoms with E-state index in [1.54, 1.807) is 18.2 Å². The molecule has 0 atom stereocenters. The zero-order chi connectivity index (χ0) is 13.8. The molecule has 0 saturated carbocycles. The summed E-state index contributed by atoms with van der Waals surface area (Å²) in [5.74, 6) is -0.403. The van der Waals surface area contributed by atoms with Gasteiger partial charge in [0.25, 0.3) is 0 Å². The molecule has 0 aliphatic carbocycles. The van der Waals surface area contributed by atoms with Crippen molar-refractivity contribution in [2.75, 3.05) is 7.11 Å². The van der Waals surface area contributed by atoms with Crippen LogP contribution >= 0.6 is 0 Å². The van der Waals surface area contributed by atoms with Crippen molar-refractivity contribution in [1.29, 1.82) is 0 Å². The fraction of sp³-hybridized carbons (Fsp3) is 0.133. The third kappa shape index (κ3) is 3.10. The van der Waals surface area contributed by atoms with E-state index in [4.69, 9.17) is 9.84 Å². The van der Waals surface area contributed by atoms with E-state index in [9.17, 15) is 9.18 Å². The molecule has 0 aromatic heterocycles. The van der Waals surface area contributed by atoms with Gasteiger partial charge >= 0.3 is 0 Å². The van der Waals surface area contributed by atoms with Crippen LogP contribution in [0, 0.1) is 5.82 Å². The number of carbonyl (C=O) groups is 1. The number of phenolic OH excluding ortho intramolecular Hbond substituents is 1. The summed E-state index contributed by atoms with van der Waals surface area (Å²) in [4.78, 5) is 12.0. The summed E-state index contributed by atoms with van der Waals surface area (Å²) in [6.45, 7) is 0. The van der Waals surface area contributed by atoms with Crippen molar-refractivity contribution in [3.8, 4) is 11.5 Å². The smallest absolute Gasteiger partial charge is 0.170 e. The van der Waals surface area contributed by atoms with Crippen LogP contribution in [0.15, 0.2) is 42.5 Å². The Hall–Kier alpha value is -2.36. The number of ketones is 1. The van der Waals surface area contributed by atoms with Gasteiger partial charge in [0.05, 0.1) is 12.7 Å². The van der Waals surface area contributed by atoms with Gasteiger partial charge in [-0.15, -0.1) is 0 Å². The van der Waals surface area contributed by atoms with Gasteiger partial charge in [-0.2, -0.15) is 0 Å². The van der Waals surface area contributed by atoms with Gasteiger partial charge < -0.3 is 9.84 Å². The highest BCUT2D eigenvalue weighted by atomic mass is 19.1. The van der Waals surface area contributed by atoms with Crippen molar-refractivity contribution in [1.82, 2.24) is 0 Å². The van der Waals surface area contributed by atoms with E-state index in [2.05, 4.69) is 0 Å². The molecular formula is C15H13FO3. The summed E-state index contributed by atoms with van der Waals surface area (Å²) in [6.07, 6.45) is 0.0868. The van der Waals surface area contributed by atoms with Gasteiger partial charge in [0, 0.05) is 12.5 Å². The summed E-state index contributed by atoms with van der Waals surface area (Å²) in [5.41, 5.74) is 0.756. The molecule has 0 amide bonds. The molecule has 0 fully saturated rings. The van der Waals surface area contributed by atoms with Gasteiger partial charge in [0.1, 0.15) is 17.3 Å². The lowest BCUT2D eigenvalue weighted by Gasteiger charge is -2.05. The SMILES string of the molecule is COc1ccc(C(=O)Cc2ccc(O)cc2)c(F)c1. The molecule has 2 aromatic carbocycles. The quantitative estimate of drug-likeness (QED) is 0.860. The molecule has 2 aromatic rings. The highest BCUT2D eigenvalue weighted by molar-refractivity contribution is 5.97. The lowest BCUT2D eigenvalue weighted by Crippen LogP contribution is -2.06. The molecular weight excluding hydrogens is 247 g/mol. The second-order valence-corrected chi connectivity index (χ2v) is 4.11. The summed E-state index contributed by atoms with van der Waals surface area (Å²) >= 11 is 0. The molecule has 0 aliphatic heterocycles. The first-order chi connectivity index (χ1) is 9.10. The number of hydrogen-bond acceptors (Lipinski definition) is 3. The summed E-state index contributed by atoms with van der Waals surface area (Å²) in [7, 11) is 1.44. The Morgan fingerprint density at radius 2 is 1.89 bits per heavy atom.